The van der Waals surface area contributed by atoms with Crippen LogP contribution in [0.1, 0.15) is 19.7 Å². The highest BCUT2D eigenvalue weighted by Crippen LogP contribution is 2.22. The van der Waals surface area contributed by atoms with Gasteiger partial charge in [0.15, 0.2) is 0 Å². The van der Waals surface area contributed by atoms with Crippen LogP contribution >= 0.6 is 0 Å². The first-order valence-electron chi connectivity index (χ1n) is 6.85. The molecule has 2 N–H and O–H groups in total. The van der Waals surface area contributed by atoms with Crippen molar-refractivity contribution in [3.8, 4) is 0 Å². The Hall–Kier alpha value is -2.30. The van der Waals surface area contributed by atoms with Gasteiger partial charge in [-0.2, -0.15) is 5.10 Å². The van der Waals surface area contributed by atoms with Crippen molar-refractivity contribution in [2.75, 3.05) is 5.73 Å². The van der Waals surface area contributed by atoms with Crippen molar-refractivity contribution >= 4 is 16.6 Å². The largest absolute Gasteiger partial charge is 0.397 e. The molecule has 0 aliphatic carbocycles. The van der Waals surface area contributed by atoms with Crippen LogP contribution in [0.2, 0.25) is 0 Å². The van der Waals surface area contributed by atoms with Crippen molar-refractivity contribution < 1.29 is 0 Å². The molecule has 20 heavy (non-hydrogen) atoms. The monoisotopic (exact) mass is 269 g/mol. The zero-order valence-electron chi connectivity index (χ0n) is 11.8. The molecular weight excluding hydrogens is 250 g/mol. The van der Waals surface area contributed by atoms with Crippen LogP contribution in [0.3, 0.4) is 0 Å². The third-order valence-corrected chi connectivity index (χ3v) is 3.37. The Morgan fingerprint density at radius 1 is 1.25 bits per heavy atom. The fraction of sp³-hybridized carbons (Fsp3) is 0.333. The first-order valence-corrected chi connectivity index (χ1v) is 6.85. The molecule has 1 aromatic carbocycles. The van der Waals surface area contributed by atoms with E-state index in [1.165, 1.54) is 0 Å². The number of anilines is 1. The zero-order chi connectivity index (χ0) is 14.1. The predicted molar refractivity (Wildman–Crippen MR) is 80.3 cm³/mol. The summed E-state index contributed by atoms with van der Waals surface area (Å²) < 4.78 is 4.10. The first kappa shape index (κ1) is 12.7. The molecule has 0 radical (unpaired) electrons. The Balaban J connectivity index is 1.96. The summed E-state index contributed by atoms with van der Waals surface area (Å²) in [6, 6.07) is 8.05. The third kappa shape index (κ3) is 2.27. The minimum atomic E-state index is 0.543. The van der Waals surface area contributed by atoms with Crippen molar-refractivity contribution in [3.63, 3.8) is 0 Å². The molecule has 5 nitrogen and oxygen atoms in total. The molecule has 0 aliphatic heterocycles. The second-order valence-electron chi connectivity index (χ2n) is 5.48. The lowest BCUT2D eigenvalue weighted by atomic mass is 10.2. The summed E-state index contributed by atoms with van der Waals surface area (Å²) in [6.07, 6.45) is 3.67. The predicted octanol–water partition coefficient (Wildman–Crippen LogP) is 2.52. The van der Waals surface area contributed by atoms with Gasteiger partial charge < -0.3 is 10.3 Å². The normalized spacial score (nSPS) is 11.6. The summed E-state index contributed by atoms with van der Waals surface area (Å²) in [7, 11) is 0. The Bertz CT molecular complexity index is 723. The van der Waals surface area contributed by atoms with E-state index in [0.29, 0.717) is 12.5 Å². The highest BCUT2D eigenvalue weighted by atomic mass is 15.3. The SMILES string of the molecule is CC(C)Cn1ncnc1Cn1ccc2cccc(N)c21. The van der Waals surface area contributed by atoms with Gasteiger partial charge in [-0.25, -0.2) is 9.67 Å². The van der Waals surface area contributed by atoms with E-state index in [2.05, 4.69) is 46.8 Å². The zero-order valence-corrected chi connectivity index (χ0v) is 11.8. The van der Waals surface area contributed by atoms with Gasteiger partial charge in [0.1, 0.15) is 12.2 Å². The number of para-hydroxylation sites is 1. The molecule has 0 atom stereocenters. The molecule has 3 rings (SSSR count). The number of hydrogen-bond donors (Lipinski definition) is 1. The van der Waals surface area contributed by atoms with Gasteiger partial charge in [0.05, 0.1) is 17.7 Å². The Labute approximate surface area is 118 Å². The maximum atomic E-state index is 6.09. The van der Waals surface area contributed by atoms with Crippen molar-refractivity contribution in [3.05, 3.63) is 42.6 Å². The van der Waals surface area contributed by atoms with Crippen LogP contribution < -0.4 is 5.73 Å². The standard InChI is InChI=1S/C15H19N5/c1-11(2)8-20-14(17-10-18-20)9-19-7-6-12-4-3-5-13(16)15(12)19/h3-7,10-11H,8-9,16H2,1-2H3. The van der Waals surface area contributed by atoms with Gasteiger partial charge in [-0.3, -0.25) is 0 Å². The summed E-state index contributed by atoms with van der Waals surface area (Å²) in [5.41, 5.74) is 7.94. The van der Waals surface area contributed by atoms with Crippen LogP contribution in [-0.2, 0) is 13.1 Å². The summed E-state index contributed by atoms with van der Waals surface area (Å²) in [6.45, 7) is 5.91. The number of aromatic nitrogens is 4. The van der Waals surface area contributed by atoms with E-state index >= 15 is 0 Å². The maximum absolute atomic E-state index is 6.09. The molecular formula is C15H19N5. The van der Waals surface area contributed by atoms with E-state index < -0.39 is 0 Å². The molecule has 0 saturated heterocycles. The lowest BCUT2D eigenvalue weighted by Crippen LogP contribution is -2.13. The Morgan fingerprint density at radius 2 is 2.10 bits per heavy atom. The van der Waals surface area contributed by atoms with Gasteiger partial charge in [-0.1, -0.05) is 26.0 Å². The van der Waals surface area contributed by atoms with Gasteiger partial charge in [-0.05, 0) is 18.1 Å². The summed E-state index contributed by atoms with van der Waals surface area (Å²) in [4.78, 5) is 4.37. The molecule has 3 aromatic rings. The smallest absolute Gasteiger partial charge is 0.146 e. The van der Waals surface area contributed by atoms with E-state index in [0.717, 1.165) is 29.0 Å². The number of fused-ring (bicyclic) bond motifs is 1. The topological polar surface area (TPSA) is 61.7 Å². The van der Waals surface area contributed by atoms with E-state index in [4.69, 9.17) is 5.73 Å². The minimum absolute atomic E-state index is 0.543. The second kappa shape index (κ2) is 5.00. The molecule has 0 unspecified atom stereocenters. The highest BCUT2D eigenvalue weighted by Gasteiger charge is 2.10. The van der Waals surface area contributed by atoms with Crippen LogP contribution in [-0.4, -0.2) is 19.3 Å². The van der Waals surface area contributed by atoms with E-state index in [1.807, 2.05) is 16.8 Å². The first-order chi connectivity index (χ1) is 9.65. The number of hydrogen-bond acceptors (Lipinski definition) is 3. The fourth-order valence-electron chi connectivity index (χ4n) is 2.48. The van der Waals surface area contributed by atoms with Crippen LogP contribution in [0.15, 0.2) is 36.8 Å². The minimum Gasteiger partial charge on any atom is -0.397 e. The Kier molecular flexibility index (Phi) is 3.18. The van der Waals surface area contributed by atoms with Crippen molar-refractivity contribution in [1.82, 2.24) is 19.3 Å². The molecule has 5 heteroatoms. The van der Waals surface area contributed by atoms with Crippen LogP contribution in [0.25, 0.3) is 10.9 Å². The fourth-order valence-corrected chi connectivity index (χ4v) is 2.48. The quantitative estimate of drug-likeness (QED) is 0.740. The Morgan fingerprint density at radius 3 is 2.90 bits per heavy atom. The van der Waals surface area contributed by atoms with Gasteiger partial charge in [0.25, 0.3) is 0 Å². The molecule has 2 heterocycles. The molecule has 104 valence electrons. The number of nitrogens with two attached hydrogens (primary N) is 1. The number of nitrogen functional groups attached to an aromatic ring is 1. The van der Waals surface area contributed by atoms with Gasteiger partial charge in [0.2, 0.25) is 0 Å². The van der Waals surface area contributed by atoms with Gasteiger partial charge in [-0.15, -0.1) is 0 Å². The molecule has 0 saturated carbocycles. The van der Waals surface area contributed by atoms with Gasteiger partial charge in [0, 0.05) is 18.1 Å². The summed E-state index contributed by atoms with van der Waals surface area (Å²) in [5.74, 6) is 1.50. The molecule has 2 aromatic heterocycles. The van der Waals surface area contributed by atoms with Gasteiger partial charge >= 0.3 is 0 Å². The number of benzene rings is 1. The molecule has 0 aliphatic rings. The molecule has 0 amide bonds. The summed E-state index contributed by atoms with van der Waals surface area (Å²) >= 11 is 0. The molecule has 0 bridgehead atoms. The van der Waals surface area contributed by atoms with Crippen LogP contribution in [0.4, 0.5) is 5.69 Å². The number of nitrogens with zero attached hydrogens (tertiary/aromatic N) is 4. The van der Waals surface area contributed by atoms with E-state index in [-0.39, 0.29) is 0 Å². The third-order valence-electron chi connectivity index (χ3n) is 3.37. The number of rotatable bonds is 4. The lowest BCUT2D eigenvalue weighted by Gasteiger charge is -2.10. The maximum Gasteiger partial charge on any atom is 0.146 e. The molecule has 0 fully saturated rings. The highest BCUT2D eigenvalue weighted by molar-refractivity contribution is 5.90. The van der Waals surface area contributed by atoms with Crippen LogP contribution in [0.5, 0.6) is 0 Å². The van der Waals surface area contributed by atoms with Crippen molar-refractivity contribution in [2.45, 2.75) is 26.9 Å². The van der Waals surface area contributed by atoms with Crippen molar-refractivity contribution in [1.29, 1.82) is 0 Å². The lowest BCUT2D eigenvalue weighted by molar-refractivity contribution is 0.462. The van der Waals surface area contributed by atoms with Crippen molar-refractivity contribution in [2.24, 2.45) is 5.92 Å². The average Bonchev–Trinajstić information content (AvgIpc) is 2.98. The summed E-state index contributed by atoms with van der Waals surface area (Å²) in [5, 5.41) is 5.45. The van der Waals surface area contributed by atoms with Crippen LogP contribution in [0, 0.1) is 5.92 Å². The molecule has 0 spiro atoms. The average molecular weight is 269 g/mol. The van der Waals surface area contributed by atoms with E-state index in [9.17, 15) is 0 Å². The van der Waals surface area contributed by atoms with E-state index in [1.54, 1.807) is 6.33 Å². The second-order valence-corrected chi connectivity index (χ2v) is 5.48.